The van der Waals surface area contributed by atoms with Crippen LogP contribution in [0.4, 0.5) is 0 Å². The molecule has 0 aromatic heterocycles. The van der Waals surface area contributed by atoms with Gasteiger partial charge in [-0.05, 0) is 13.0 Å². The van der Waals surface area contributed by atoms with Crippen molar-refractivity contribution in [2.24, 2.45) is 5.92 Å². The number of esters is 1. The first-order valence-electron chi connectivity index (χ1n) is 6.75. The summed E-state index contributed by atoms with van der Waals surface area (Å²) in [5.41, 5.74) is 1.85. The summed E-state index contributed by atoms with van der Waals surface area (Å²) in [6.45, 7) is 3.92. The van der Waals surface area contributed by atoms with Crippen LogP contribution in [0, 0.1) is 5.92 Å². The monoisotopic (exact) mass is 352 g/mol. The maximum Gasteiger partial charge on any atom is 0.331 e. The number of ketones is 1. The molecule has 0 saturated heterocycles. The quantitative estimate of drug-likeness (QED) is 0.475. The van der Waals surface area contributed by atoms with Crippen LogP contribution in [0.3, 0.4) is 0 Å². The zero-order chi connectivity index (χ0) is 15.6. The number of fused-ring (bicyclic) bond motifs is 1. The first-order chi connectivity index (χ1) is 10.0. The third-order valence-electron chi connectivity index (χ3n) is 3.56. The average Bonchev–Trinajstić information content (AvgIpc) is 2.48. The Hall–Kier alpha value is -1.62. The third kappa shape index (κ3) is 2.88. The molecule has 1 aromatic carbocycles. The summed E-state index contributed by atoms with van der Waals surface area (Å²) >= 11 is 3.62. The number of rotatable bonds is 3. The van der Waals surface area contributed by atoms with Crippen LogP contribution >= 0.6 is 15.9 Å². The molecule has 0 radical (unpaired) electrons. The maximum absolute atomic E-state index is 12.6. The van der Waals surface area contributed by atoms with Crippen molar-refractivity contribution in [3.8, 4) is 5.75 Å². The van der Waals surface area contributed by atoms with Crippen LogP contribution in [-0.2, 0) is 9.53 Å². The Kier molecular flexibility index (Phi) is 4.83. The fourth-order valence-electron chi connectivity index (χ4n) is 2.48. The number of Topliss-reactive ketones (excluding diaryl/α,β-unsaturated/α-hetero) is 1. The molecule has 0 spiro atoms. The highest BCUT2D eigenvalue weighted by atomic mass is 79.9. The Bertz CT molecular complexity index is 606. The molecule has 0 aliphatic heterocycles. The van der Waals surface area contributed by atoms with E-state index in [1.807, 2.05) is 13.0 Å². The summed E-state index contributed by atoms with van der Waals surface area (Å²) in [6, 6.07) is 5.35. The number of hydrogen-bond donors (Lipinski definition) is 0. The van der Waals surface area contributed by atoms with Gasteiger partial charge in [0.05, 0.1) is 18.5 Å². The fraction of sp³-hybridized carbons (Fsp3) is 0.375. The van der Waals surface area contributed by atoms with Crippen LogP contribution in [0.15, 0.2) is 29.8 Å². The molecule has 4 nitrogen and oxygen atoms in total. The zero-order valence-electron chi connectivity index (χ0n) is 12.2. The van der Waals surface area contributed by atoms with Gasteiger partial charge in [0.25, 0.3) is 0 Å². The number of allylic oxidation sites excluding steroid dienone is 1. The standard InChI is InChI=1S/C16H17BrO4/c1-4-21-13(18)8-11-9(2)15(17)14-10(16(11)19)6-5-7-12(14)20-3/h5-9,15H,4H2,1-3H3/t9-,15-/m1/s1. The minimum Gasteiger partial charge on any atom is -0.496 e. The van der Waals surface area contributed by atoms with Crippen molar-refractivity contribution >= 4 is 27.7 Å². The van der Waals surface area contributed by atoms with E-state index in [4.69, 9.17) is 9.47 Å². The summed E-state index contributed by atoms with van der Waals surface area (Å²) in [6.07, 6.45) is 1.30. The lowest BCUT2D eigenvalue weighted by molar-refractivity contribution is -0.137. The van der Waals surface area contributed by atoms with Crippen molar-refractivity contribution in [1.82, 2.24) is 0 Å². The highest BCUT2D eigenvalue weighted by Gasteiger charge is 2.36. The maximum atomic E-state index is 12.6. The molecule has 0 bridgehead atoms. The molecule has 2 atom stereocenters. The first-order valence-corrected chi connectivity index (χ1v) is 7.66. The van der Waals surface area contributed by atoms with Crippen LogP contribution in [0.1, 0.15) is 34.6 Å². The van der Waals surface area contributed by atoms with Gasteiger partial charge in [0.15, 0.2) is 5.78 Å². The van der Waals surface area contributed by atoms with Crippen LogP contribution in [0.2, 0.25) is 0 Å². The predicted molar refractivity (Wildman–Crippen MR) is 82.9 cm³/mol. The van der Waals surface area contributed by atoms with E-state index in [0.717, 1.165) is 5.56 Å². The summed E-state index contributed by atoms with van der Waals surface area (Å²) in [7, 11) is 1.58. The van der Waals surface area contributed by atoms with Crippen molar-refractivity contribution in [3.05, 3.63) is 41.0 Å². The second-order valence-corrected chi connectivity index (χ2v) is 5.78. The molecular formula is C16H17BrO4. The molecule has 0 unspecified atom stereocenters. The van der Waals surface area contributed by atoms with E-state index >= 15 is 0 Å². The Labute approximate surface area is 132 Å². The van der Waals surface area contributed by atoms with Crippen LogP contribution in [0.25, 0.3) is 0 Å². The van der Waals surface area contributed by atoms with Gasteiger partial charge in [0.2, 0.25) is 0 Å². The first kappa shape index (κ1) is 15.8. The molecule has 1 aromatic rings. The number of alkyl halides is 1. The Morgan fingerprint density at radius 2 is 2.14 bits per heavy atom. The summed E-state index contributed by atoms with van der Waals surface area (Å²) < 4.78 is 10.2. The number of ether oxygens (including phenoxy) is 2. The molecule has 112 valence electrons. The van der Waals surface area contributed by atoms with Crippen LogP contribution < -0.4 is 4.74 Å². The SMILES string of the molecule is CCOC(=O)C=C1C(=O)c2cccc(OC)c2[C@H](Br)[C@@H]1C. The van der Waals surface area contributed by atoms with E-state index in [9.17, 15) is 9.59 Å². The molecule has 0 N–H and O–H groups in total. The molecule has 2 rings (SSSR count). The van der Waals surface area contributed by atoms with Gasteiger partial charge in [-0.3, -0.25) is 4.79 Å². The minimum absolute atomic E-state index is 0.0953. The van der Waals surface area contributed by atoms with Crippen molar-refractivity contribution in [1.29, 1.82) is 0 Å². The van der Waals surface area contributed by atoms with Gasteiger partial charge >= 0.3 is 5.97 Å². The fourth-order valence-corrected chi connectivity index (χ4v) is 3.24. The number of benzene rings is 1. The van der Waals surface area contributed by atoms with Gasteiger partial charge in [-0.25, -0.2) is 4.79 Å². The largest absolute Gasteiger partial charge is 0.496 e. The van der Waals surface area contributed by atoms with E-state index in [-0.39, 0.29) is 23.1 Å². The summed E-state index contributed by atoms with van der Waals surface area (Å²) in [4.78, 5) is 24.2. The van der Waals surface area contributed by atoms with Crippen LogP contribution in [-0.4, -0.2) is 25.5 Å². The van der Waals surface area contributed by atoms with Gasteiger partial charge in [-0.1, -0.05) is 35.0 Å². The summed E-state index contributed by atoms with van der Waals surface area (Å²) in [5.74, 6) is -0.116. The molecule has 0 heterocycles. The minimum atomic E-state index is -0.487. The van der Waals surface area contributed by atoms with Gasteiger partial charge in [0.1, 0.15) is 5.75 Å². The zero-order valence-corrected chi connectivity index (χ0v) is 13.8. The molecule has 1 aliphatic carbocycles. The molecule has 1 aliphatic rings. The molecule has 0 fully saturated rings. The Morgan fingerprint density at radius 1 is 1.43 bits per heavy atom. The highest BCUT2D eigenvalue weighted by Crippen LogP contribution is 2.46. The third-order valence-corrected chi connectivity index (χ3v) is 4.81. The van der Waals surface area contributed by atoms with Crippen LogP contribution in [0.5, 0.6) is 5.75 Å². The molecular weight excluding hydrogens is 336 g/mol. The number of hydrogen-bond acceptors (Lipinski definition) is 4. The topological polar surface area (TPSA) is 52.6 Å². The van der Waals surface area contributed by atoms with Crippen molar-refractivity contribution < 1.29 is 19.1 Å². The van der Waals surface area contributed by atoms with Gasteiger partial charge in [-0.15, -0.1) is 0 Å². The molecule has 21 heavy (non-hydrogen) atoms. The average molecular weight is 353 g/mol. The highest BCUT2D eigenvalue weighted by molar-refractivity contribution is 9.09. The Balaban J connectivity index is 2.51. The number of methoxy groups -OCH3 is 1. The lowest BCUT2D eigenvalue weighted by Crippen LogP contribution is -2.25. The number of carbonyl (C=O) groups excluding carboxylic acids is 2. The van der Waals surface area contributed by atoms with E-state index in [2.05, 4.69) is 15.9 Å². The van der Waals surface area contributed by atoms with Crippen molar-refractivity contribution in [3.63, 3.8) is 0 Å². The van der Waals surface area contributed by atoms with Gasteiger partial charge < -0.3 is 9.47 Å². The Morgan fingerprint density at radius 3 is 2.76 bits per heavy atom. The second kappa shape index (κ2) is 6.43. The number of halogens is 1. The lowest BCUT2D eigenvalue weighted by Gasteiger charge is -2.29. The van der Waals surface area contributed by atoms with E-state index in [1.54, 1.807) is 26.2 Å². The van der Waals surface area contributed by atoms with E-state index in [0.29, 0.717) is 16.9 Å². The normalized spacial score (nSPS) is 22.9. The van der Waals surface area contributed by atoms with Crippen molar-refractivity contribution in [2.45, 2.75) is 18.7 Å². The van der Waals surface area contributed by atoms with E-state index in [1.165, 1.54) is 6.08 Å². The molecule has 0 saturated carbocycles. The van der Waals surface area contributed by atoms with Gasteiger partial charge in [-0.2, -0.15) is 0 Å². The number of carbonyl (C=O) groups is 2. The predicted octanol–water partition coefficient (Wildman–Crippen LogP) is 3.45. The second-order valence-electron chi connectivity index (χ2n) is 4.79. The van der Waals surface area contributed by atoms with E-state index < -0.39 is 5.97 Å². The molecule has 0 amide bonds. The summed E-state index contributed by atoms with van der Waals surface area (Å²) in [5, 5.41) is 0. The van der Waals surface area contributed by atoms with Gasteiger partial charge in [0, 0.05) is 28.7 Å². The lowest BCUT2D eigenvalue weighted by atomic mass is 9.79. The smallest absolute Gasteiger partial charge is 0.331 e. The molecule has 5 heteroatoms. The van der Waals surface area contributed by atoms with Crippen molar-refractivity contribution in [2.75, 3.05) is 13.7 Å².